The summed E-state index contributed by atoms with van der Waals surface area (Å²) in [5.41, 5.74) is 1.97. The zero-order chi connectivity index (χ0) is 10.4. The molecule has 4 nitrogen and oxygen atoms in total. The third-order valence-corrected chi connectivity index (χ3v) is 3.50. The topological polar surface area (TPSA) is 50.7 Å². The van der Waals surface area contributed by atoms with Crippen molar-refractivity contribution in [1.82, 2.24) is 5.32 Å². The normalized spacial score (nSPS) is 22.7. The number of hydrogen-bond acceptors (Lipinski definition) is 4. The van der Waals surface area contributed by atoms with Gasteiger partial charge in [-0.3, -0.25) is 0 Å². The van der Waals surface area contributed by atoms with Gasteiger partial charge in [-0.05, 0) is 27.6 Å². The number of benzene rings is 1. The summed E-state index contributed by atoms with van der Waals surface area (Å²) in [5, 5.41) is 13.0. The number of fused-ring (bicyclic) bond motifs is 2. The molecule has 1 aromatic carbocycles. The van der Waals surface area contributed by atoms with Crippen molar-refractivity contribution in [1.29, 1.82) is 0 Å². The van der Waals surface area contributed by atoms with Crippen LogP contribution in [0, 0.1) is 0 Å². The fraction of sp³-hybridized carbons (Fsp3) is 0.400. The monoisotopic (exact) mass is 271 g/mol. The second-order valence-corrected chi connectivity index (χ2v) is 4.44. The highest BCUT2D eigenvalue weighted by molar-refractivity contribution is 9.10. The van der Waals surface area contributed by atoms with E-state index in [-0.39, 0.29) is 6.79 Å². The van der Waals surface area contributed by atoms with Crippen LogP contribution in [-0.2, 0) is 6.54 Å². The molecule has 80 valence electrons. The highest BCUT2D eigenvalue weighted by atomic mass is 79.9. The van der Waals surface area contributed by atoms with Crippen LogP contribution < -0.4 is 14.8 Å². The van der Waals surface area contributed by atoms with E-state index in [2.05, 4.69) is 21.2 Å². The summed E-state index contributed by atoms with van der Waals surface area (Å²) in [4.78, 5) is 0. The second-order valence-electron chi connectivity index (χ2n) is 3.64. The van der Waals surface area contributed by atoms with Gasteiger partial charge >= 0.3 is 0 Å². The van der Waals surface area contributed by atoms with Crippen LogP contribution in [0.1, 0.15) is 17.2 Å². The number of nitrogens with one attached hydrogen (secondary N) is 1. The van der Waals surface area contributed by atoms with E-state index in [1.165, 1.54) is 0 Å². The lowest BCUT2D eigenvalue weighted by Gasteiger charge is -2.24. The Labute approximate surface area is 95.3 Å². The van der Waals surface area contributed by atoms with Gasteiger partial charge in [-0.1, -0.05) is 0 Å². The van der Waals surface area contributed by atoms with Crippen molar-refractivity contribution in [3.8, 4) is 11.5 Å². The molecule has 2 N–H and O–H groups in total. The van der Waals surface area contributed by atoms with E-state index < -0.39 is 6.10 Å². The fourth-order valence-electron chi connectivity index (χ4n) is 2.02. The molecular weight excluding hydrogens is 262 g/mol. The SMILES string of the molecule is O[C@@H]1CNCc2cc3c(c(Br)c21)OCO3. The Hall–Kier alpha value is -0.780. The Morgan fingerprint density at radius 3 is 3.20 bits per heavy atom. The number of β-amino-alcohol motifs (C(OH)–C–C–N with tert-alkyl or cyclic N) is 1. The van der Waals surface area contributed by atoms with Crippen molar-refractivity contribution >= 4 is 15.9 Å². The molecule has 0 saturated carbocycles. The van der Waals surface area contributed by atoms with E-state index in [1.807, 2.05) is 6.07 Å². The van der Waals surface area contributed by atoms with Gasteiger partial charge in [0.15, 0.2) is 11.5 Å². The molecule has 0 aliphatic carbocycles. The molecule has 15 heavy (non-hydrogen) atoms. The van der Waals surface area contributed by atoms with Crippen LogP contribution in [0.2, 0.25) is 0 Å². The molecule has 2 heterocycles. The molecule has 5 heteroatoms. The molecule has 0 radical (unpaired) electrons. The summed E-state index contributed by atoms with van der Waals surface area (Å²) in [6.07, 6.45) is -0.488. The highest BCUT2D eigenvalue weighted by Gasteiger charge is 2.28. The van der Waals surface area contributed by atoms with Gasteiger partial charge in [0.05, 0.1) is 10.6 Å². The van der Waals surface area contributed by atoms with Crippen molar-refractivity contribution in [2.45, 2.75) is 12.6 Å². The maximum atomic E-state index is 9.88. The summed E-state index contributed by atoms with van der Waals surface area (Å²) in [6, 6.07) is 1.93. The van der Waals surface area contributed by atoms with Gasteiger partial charge in [0, 0.05) is 18.7 Å². The van der Waals surface area contributed by atoms with Gasteiger partial charge < -0.3 is 19.9 Å². The second kappa shape index (κ2) is 3.37. The molecule has 0 amide bonds. The average Bonchev–Trinajstić information content (AvgIpc) is 2.66. The third kappa shape index (κ3) is 1.34. The zero-order valence-electron chi connectivity index (χ0n) is 7.92. The van der Waals surface area contributed by atoms with E-state index in [0.29, 0.717) is 12.3 Å². The molecule has 0 bridgehead atoms. The molecule has 1 aromatic rings. The number of halogens is 1. The van der Waals surface area contributed by atoms with Crippen LogP contribution in [0.5, 0.6) is 11.5 Å². The quantitative estimate of drug-likeness (QED) is 0.747. The van der Waals surface area contributed by atoms with Crippen LogP contribution in [0.15, 0.2) is 10.5 Å². The smallest absolute Gasteiger partial charge is 0.231 e. The standard InChI is InChI=1S/C10H10BrNO3/c11-9-8-5(2-12-3-6(8)13)1-7-10(9)15-4-14-7/h1,6,12-13H,2-4H2/t6-/m1/s1. The van der Waals surface area contributed by atoms with E-state index in [9.17, 15) is 5.11 Å². The van der Waals surface area contributed by atoms with Gasteiger partial charge in [-0.15, -0.1) is 0 Å². The molecule has 0 spiro atoms. The molecule has 3 rings (SSSR count). The molecule has 0 unspecified atom stereocenters. The fourth-order valence-corrected chi connectivity index (χ4v) is 2.85. The van der Waals surface area contributed by atoms with Gasteiger partial charge in [0.1, 0.15) is 0 Å². The van der Waals surface area contributed by atoms with Crippen LogP contribution in [-0.4, -0.2) is 18.4 Å². The zero-order valence-corrected chi connectivity index (χ0v) is 9.50. The van der Waals surface area contributed by atoms with Crippen molar-refractivity contribution in [3.63, 3.8) is 0 Å². The summed E-state index contributed by atoms with van der Waals surface area (Å²) < 4.78 is 11.5. The Kier molecular flexibility index (Phi) is 2.12. The van der Waals surface area contributed by atoms with Crippen LogP contribution in [0.3, 0.4) is 0 Å². The summed E-state index contributed by atoms with van der Waals surface area (Å²) in [5.74, 6) is 1.45. The van der Waals surface area contributed by atoms with Crippen molar-refractivity contribution < 1.29 is 14.6 Å². The van der Waals surface area contributed by atoms with E-state index in [4.69, 9.17) is 9.47 Å². The van der Waals surface area contributed by atoms with Crippen LogP contribution in [0.25, 0.3) is 0 Å². The first kappa shape index (κ1) is 9.45. The molecule has 0 saturated heterocycles. The highest BCUT2D eigenvalue weighted by Crippen LogP contribution is 2.45. The largest absolute Gasteiger partial charge is 0.454 e. The Bertz CT molecular complexity index is 422. The minimum atomic E-state index is -0.488. The average molecular weight is 272 g/mol. The van der Waals surface area contributed by atoms with Gasteiger partial charge in [-0.2, -0.15) is 0 Å². The maximum Gasteiger partial charge on any atom is 0.231 e. The number of aliphatic hydroxyl groups is 1. The first-order valence-electron chi connectivity index (χ1n) is 4.77. The van der Waals surface area contributed by atoms with Gasteiger partial charge in [-0.25, -0.2) is 0 Å². The first-order chi connectivity index (χ1) is 7.27. The van der Waals surface area contributed by atoms with Gasteiger partial charge in [0.25, 0.3) is 0 Å². The predicted octanol–water partition coefficient (Wildman–Crippen LogP) is 1.31. The minimum Gasteiger partial charge on any atom is -0.454 e. The summed E-state index contributed by atoms with van der Waals surface area (Å²) >= 11 is 3.47. The van der Waals surface area contributed by atoms with Crippen molar-refractivity contribution in [3.05, 3.63) is 21.7 Å². The molecular formula is C10H10BrNO3. The number of aliphatic hydroxyl groups excluding tert-OH is 1. The van der Waals surface area contributed by atoms with Crippen LogP contribution >= 0.6 is 15.9 Å². The lowest BCUT2D eigenvalue weighted by atomic mass is 9.98. The molecule has 1 atom stereocenters. The molecule has 0 fully saturated rings. The Morgan fingerprint density at radius 1 is 1.47 bits per heavy atom. The summed E-state index contributed by atoms with van der Waals surface area (Å²) in [6.45, 7) is 1.58. The van der Waals surface area contributed by atoms with Crippen molar-refractivity contribution in [2.75, 3.05) is 13.3 Å². The lowest BCUT2D eigenvalue weighted by molar-refractivity contribution is 0.163. The van der Waals surface area contributed by atoms with E-state index in [0.717, 1.165) is 27.9 Å². The summed E-state index contributed by atoms with van der Waals surface area (Å²) in [7, 11) is 0. The maximum absolute atomic E-state index is 9.88. The predicted molar refractivity (Wildman–Crippen MR) is 56.9 cm³/mol. The first-order valence-corrected chi connectivity index (χ1v) is 5.56. The Balaban J connectivity index is 2.22. The molecule has 0 aromatic heterocycles. The third-order valence-electron chi connectivity index (χ3n) is 2.71. The number of rotatable bonds is 0. The number of hydrogen-bond donors (Lipinski definition) is 2. The van der Waals surface area contributed by atoms with Crippen molar-refractivity contribution in [2.24, 2.45) is 0 Å². The van der Waals surface area contributed by atoms with Crippen LogP contribution in [0.4, 0.5) is 0 Å². The number of ether oxygens (including phenoxy) is 2. The van der Waals surface area contributed by atoms with Gasteiger partial charge in [0.2, 0.25) is 6.79 Å². The van der Waals surface area contributed by atoms with E-state index in [1.54, 1.807) is 0 Å². The lowest BCUT2D eigenvalue weighted by Crippen LogP contribution is -2.28. The molecule has 2 aliphatic rings. The Morgan fingerprint density at radius 2 is 2.33 bits per heavy atom. The minimum absolute atomic E-state index is 0.250. The van der Waals surface area contributed by atoms with E-state index >= 15 is 0 Å². The molecule has 2 aliphatic heterocycles.